The fourth-order valence-corrected chi connectivity index (χ4v) is 3.87. The molecule has 150 valence electrons. The molecule has 2 fully saturated rings. The largest absolute Gasteiger partial charge is 0.468 e. The molecule has 0 aliphatic carbocycles. The van der Waals surface area contributed by atoms with Gasteiger partial charge in [-0.15, -0.1) is 0 Å². The topological polar surface area (TPSA) is 93.9 Å². The first kappa shape index (κ1) is 19.7. The second kappa shape index (κ2) is 6.82. The van der Waals surface area contributed by atoms with Crippen molar-refractivity contribution in [3.05, 3.63) is 17.5 Å². The summed E-state index contributed by atoms with van der Waals surface area (Å²) in [4.78, 5) is 26.4. The monoisotopic (exact) mass is 379 g/mol. The lowest BCUT2D eigenvalue weighted by molar-refractivity contribution is -0.144. The molecule has 2 saturated heterocycles. The van der Waals surface area contributed by atoms with Gasteiger partial charge in [0, 0.05) is 31.1 Å². The highest BCUT2D eigenvalue weighted by molar-refractivity contribution is 5.77. The van der Waals surface area contributed by atoms with Gasteiger partial charge in [-0.05, 0) is 26.7 Å². The van der Waals surface area contributed by atoms with Crippen LogP contribution in [0.1, 0.15) is 58.0 Å². The van der Waals surface area contributed by atoms with E-state index >= 15 is 0 Å². The Balaban J connectivity index is 1.85. The molecule has 1 amide bonds. The van der Waals surface area contributed by atoms with Crippen LogP contribution in [0.5, 0.6) is 0 Å². The highest BCUT2D eigenvalue weighted by Gasteiger charge is 2.60. The molecule has 2 unspecified atom stereocenters. The Morgan fingerprint density at radius 2 is 2.04 bits per heavy atom. The first-order chi connectivity index (χ1) is 12.6. The predicted octanol–water partition coefficient (Wildman–Crippen LogP) is 2.47. The van der Waals surface area contributed by atoms with Crippen LogP contribution in [-0.4, -0.2) is 54.5 Å². The molecule has 2 atom stereocenters. The predicted molar refractivity (Wildman–Crippen MR) is 97.1 cm³/mol. The maximum atomic E-state index is 12.6. The molecule has 3 rings (SSSR count). The van der Waals surface area contributed by atoms with Crippen molar-refractivity contribution in [3.63, 3.8) is 0 Å². The highest BCUT2D eigenvalue weighted by atomic mass is 16.6. The lowest BCUT2D eigenvalue weighted by atomic mass is 9.66. The molecule has 8 nitrogen and oxygen atoms in total. The van der Waals surface area contributed by atoms with Crippen LogP contribution in [0.15, 0.2) is 10.6 Å². The molecule has 1 N–H and O–H groups in total. The van der Waals surface area contributed by atoms with E-state index in [4.69, 9.17) is 14.0 Å². The van der Waals surface area contributed by atoms with Gasteiger partial charge < -0.3 is 19.3 Å². The molecule has 2 aliphatic rings. The highest BCUT2D eigenvalue weighted by Crippen LogP contribution is 2.51. The molecule has 1 aromatic rings. The van der Waals surface area contributed by atoms with E-state index < -0.39 is 11.5 Å². The molecule has 3 heterocycles. The first-order valence-corrected chi connectivity index (χ1v) is 9.33. The van der Waals surface area contributed by atoms with Crippen molar-refractivity contribution in [1.29, 1.82) is 0 Å². The summed E-state index contributed by atoms with van der Waals surface area (Å²) in [6.45, 7) is 11.6. The van der Waals surface area contributed by atoms with Crippen molar-refractivity contribution < 1.29 is 23.6 Å². The van der Waals surface area contributed by atoms with Crippen molar-refractivity contribution in [2.45, 2.75) is 52.2 Å². The number of carbonyl (C=O) groups excluding carboxylic acids is 2. The number of likely N-dealkylation sites (tertiary alicyclic amines) is 1. The van der Waals surface area contributed by atoms with Gasteiger partial charge in [-0.25, -0.2) is 4.79 Å². The minimum Gasteiger partial charge on any atom is -0.468 e. The van der Waals surface area contributed by atoms with Gasteiger partial charge in [0.05, 0.1) is 13.2 Å². The Kier molecular flexibility index (Phi) is 4.96. The summed E-state index contributed by atoms with van der Waals surface area (Å²) in [5.41, 5.74) is 0.0345. The molecular weight excluding hydrogens is 350 g/mol. The average molecular weight is 379 g/mol. The number of rotatable bonds is 4. The fraction of sp³-hybridized carbons (Fsp3) is 0.737. The molecule has 0 aromatic carbocycles. The number of methoxy groups -OCH3 is 1. The number of esters is 1. The summed E-state index contributed by atoms with van der Waals surface area (Å²) in [6, 6.07) is 1.56. The summed E-state index contributed by atoms with van der Waals surface area (Å²) >= 11 is 0. The maximum Gasteiger partial charge on any atom is 0.410 e. The number of nitrogens with one attached hydrogen (secondary N) is 1. The number of hydrogen-bond acceptors (Lipinski definition) is 7. The summed E-state index contributed by atoms with van der Waals surface area (Å²) in [5, 5.41) is 7.48. The zero-order valence-electron chi connectivity index (χ0n) is 16.9. The number of amides is 1. The Hall–Kier alpha value is -2.09. The van der Waals surface area contributed by atoms with Crippen LogP contribution in [0.3, 0.4) is 0 Å². The second-order valence-electron chi connectivity index (χ2n) is 8.88. The van der Waals surface area contributed by atoms with Crippen LogP contribution < -0.4 is 5.32 Å². The first-order valence-electron chi connectivity index (χ1n) is 9.33. The van der Waals surface area contributed by atoms with E-state index in [1.807, 2.05) is 34.6 Å². The van der Waals surface area contributed by atoms with Gasteiger partial charge in [0.25, 0.3) is 0 Å². The van der Waals surface area contributed by atoms with Crippen LogP contribution in [0.25, 0.3) is 0 Å². The Morgan fingerprint density at radius 3 is 2.52 bits per heavy atom. The van der Waals surface area contributed by atoms with E-state index in [0.29, 0.717) is 18.0 Å². The minimum absolute atomic E-state index is 0.000860. The van der Waals surface area contributed by atoms with E-state index in [2.05, 4.69) is 10.5 Å². The van der Waals surface area contributed by atoms with Crippen LogP contribution >= 0.6 is 0 Å². The Morgan fingerprint density at radius 1 is 1.37 bits per heavy atom. The summed E-state index contributed by atoms with van der Waals surface area (Å²) in [5.74, 6) is -0.418. The zero-order valence-corrected chi connectivity index (χ0v) is 16.9. The van der Waals surface area contributed by atoms with Gasteiger partial charge in [-0.2, -0.15) is 0 Å². The average Bonchev–Trinajstić information content (AvgIpc) is 2.90. The maximum absolute atomic E-state index is 12.6. The minimum atomic E-state index is -0.565. The van der Waals surface area contributed by atoms with Crippen molar-refractivity contribution in [2.75, 3.05) is 26.7 Å². The standard InChI is InChI=1S/C19H29N3O5/c1-11(2)14(16(23)25-6)13-7-12(21-27-13)15-19(8-20-9-19)10-22(15)17(24)26-18(3,4)5/h7,11,14-15,20H,8-10H2,1-6H3. The third kappa shape index (κ3) is 3.54. The second-order valence-corrected chi connectivity index (χ2v) is 8.88. The lowest BCUT2D eigenvalue weighted by Crippen LogP contribution is -2.73. The normalized spacial score (nSPS) is 22.2. The third-order valence-electron chi connectivity index (χ3n) is 5.21. The van der Waals surface area contributed by atoms with E-state index in [-0.39, 0.29) is 29.4 Å². The fourth-order valence-electron chi connectivity index (χ4n) is 3.87. The summed E-state index contributed by atoms with van der Waals surface area (Å²) in [7, 11) is 1.36. The SMILES string of the molecule is COC(=O)C(c1cc(C2N(C(=O)OC(C)(C)C)CC23CNC3)no1)C(C)C. The quantitative estimate of drug-likeness (QED) is 0.803. The van der Waals surface area contributed by atoms with E-state index in [9.17, 15) is 9.59 Å². The van der Waals surface area contributed by atoms with Crippen molar-refractivity contribution in [3.8, 4) is 0 Å². The molecular formula is C19H29N3O5. The number of nitrogens with zero attached hydrogens (tertiary/aromatic N) is 2. The molecule has 1 spiro atoms. The van der Waals surface area contributed by atoms with Crippen LogP contribution in [-0.2, 0) is 14.3 Å². The van der Waals surface area contributed by atoms with Crippen LogP contribution in [0.4, 0.5) is 4.79 Å². The molecule has 0 radical (unpaired) electrons. The Bertz CT molecular complexity index is 717. The van der Waals surface area contributed by atoms with Gasteiger partial charge >= 0.3 is 12.1 Å². The smallest absolute Gasteiger partial charge is 0.410 e. The van der Waals surface area contributed by atoms with E-state index in [0.717, 1.165) is 13.1 Å². The van der Waals surface area contributed by atoms with Crippen molar-refractivity contribution >= 4 is 12.1 Å². The molecule has 8 heteroatoms. The summed E-state index contributed by atoms with van der Waals surface area (Å²) in [6.07, 6.45) is -0.358. The molecule has 27 heavy (non-hydrogen) atoms. The number of hydrogen-bond donors (Lipinski definition) is 1. The lowest BCUT2D eigenvalue weighted by Gasteiger charge is -2.61. The van der Waals surface area contributed by atoms with Crippen molar-refractivity contribution in [1.82, 2.24) is 15.4 Å². The van der Waals surface area contributed by atoms with Crippen LogP contribution in [0.2, 0.25) is 0 Å². The Labute approximate surface area is 159 Å². The number of carbonyl (C=O) groups is 2. The van der Waals surface area contributed by atoms with E-state index in [1.54, 1.807) is 11.0 Å². The van der Waals surface area contributed by atoms with E-state index in [1.165, 1.54) is 7.11 Å². The molecule has 2 aliphatic heterocycles. The third-order valence-corrected chi connectivity index (χ3v) is 5.21. The van der Waals surface area contributed by atoms with Crippen LogP contribution in [0, 0.1) is 11.3 Å². The molecule has 0 bridgehead atoms. The zero-order chi connectivity index (χ0) is 20.0. The number of aromatic nitrogens is 1. The molecule has 0 saturated carbocycles. The van der Waals surface area contributed by atoms with Gasteiger partial charge in [-0.3, -0.25) is 9.69 Å². The van der Waals surface area contributed by atoms with Gasteiger partial charge in [0.15, 0.2) is 5.76 Å². The number of ether oxygens (including phenoxy) is 2. The van der Waals surface area contributed by atoms with Crippen molar-refractivity contribution in [2.24, 2.45) is 11.3 Å². The molecule has 1 aromatic heterocycles. The summed E-state index contributed by atoms with van der Waals surface area (Å²) < 4.78 is 16.0. The van der Waals surface area contributed by atoms with Gasteiger partial charge in [0.2, 0.25) is 0 Å². The van der Waals surface area contributed by atoms with Gasteiger partial charge in [0.1, 0.15) is 17.2 Å². The van der Waals surface area contributed by atoms with Gasteiger partial charge in [-0.1, -0.05) is 19.0 Å².